The van der Waals surface area contributed by atoms with Gasteiger partial charge in [0.15, 0.2) is 0 Å². The van der Waals surface area contributed by atoms with Crippen LogP contribution in [0.3, 0.4) is 0 Å². The Hall–Kier alpha value is -2.89. The lowest BCUT2D eigenvalue weighted by Crippen LogP contribution is -2.28. The maximum atomic E-state index is 12.6. The van der Waals surface area contributed by atoms with Crippen molar-refractivity contribution in [1.29, 1.82) is 0 Å². The molecule has 0 fully saturated rings. The minimum atomic E-state index is -0.249. The second-order valence-corrected chi connectivity index (χ2v) is 5.66. The molecule has 124 valence electrons. The molecule has 1 amide bonds. The summed E-state index contributed by atoms with van der Waals surface area (Å²) in [6, 6.07) is 8.76. The van der Waals surface area contributed by atoms with Crippen molar-refractivity contribution in [1.82, 2.24) is 9.55 Å². The minimum Gasteiger partial charge on any atom is -0.481 e. The summed E-state index contributed by atoms with van der Waals surface area (Å²) in [5.41, 5.74) is 0.749. The smallest absolute Gasteiger partial charge is 0.274 e. The van der Waals surface area contributed by atoms with Crippen molar-refractivity contribution in [3.8, 4) is 5.88 Å². The zero-order valence-corrected chi connectivity index (χ0v) is 13.4. The Morgan fingerprint density at radius 2 is 2.08 bits per heavy atom. The first-order valence-corrected chi connectivity index (χ1v) is 7.82. The molecule has 0 atom stereocenters. The summed E-state index contributed by atoms with van der Waals surface area (Å²) in [5.74, 6) is 0.297. The standard InChI is InChI=1S/C18H19N3O3/c1-24-16-10-4-8-14(19-16)12-21-11-5-9-15(18(21)23)20-17(22)13-6-2-3-7-13/h2-5,8-11,13H,6-7,12H2,1H3,(H,20,22). The summed E-state index contributed by atoms with van der Waals surface area (Å²) < 4.78 is 6.61. The first-order valence-electron chi connectivity index (χ1n) is 7.82. The van der Waals surface area contributed by atoms with Crippen LogP contribution in [0.15, 0.2) is 53.5 Å². The molecule has 1 aliphatic rings. The minimum absolute atomic E-state index is 0.0851. The van der Waals surface area contributed by atoms with Gasteiger partial charge in [-0.05, 0) is 31.0 Å². The van der Waals surface area contributed by atoms with E-state index in [1.165, 1.54) is 4.57 Å². The van der Waals surface area contributed by atoms with Crippen LogP contribution in [0.25, 0.3) is 0 Å². The Morgan fingerprint density at radius 3 is 2.83 bits per heavy atom. The molecule has 0 aromatic carbocycles. The number of carbonyl (C=O) groups excluding carboxylic acids is 1. The average Bonchev–Trinajstić information content (AvgIpc) is 3.13. The summed E-state index contributed by atoms with van der Waals surface area (Å²) in [5, 5.41) is 2.74. The Bertz CT molecular complexity index is 818. The number of amides is 1. The van der Waals surface area contributed by atoms with E-state index < -0.39 is 0 Å². The lowest BCUT2D eigenvalue weighted by molar-refractivity contribution is -0.119. The van der Waals surface area contributed by atoms with Crippen molar-refractivity contribution in [3.05, 3.63) is 64.7 Å². The maximum Gasteiger partial charge on any atom is 0.274 e. The van der Waals surface area contributed by atoms with E-state index in [2.05, 4.69) is 10.3 Å². The predicted molar refractivity (Wildman–Crippen MR) is 91.1 cm³/mol. The van der Waals surface area contributed by atoms with E-state index in [1.807, 2.05) is 24.3 Å². The molecule has 0 spiro atoms. The van der Waals surface area contributed by atoms with E-state index in [9.17, 15) is 9.59 Å². The molecule has 0 saturated heterocycles. The number of hydrogen-bond donors (Lipinski definition) is 1. The number of allylic oxidation sites excluding steroid dienone is 2. The molecular formula is C18H19N3O3. The van der Waals surface area contributed by atoms with Crippen LogP contribution in [0.1, 0.15) is 18.5 Å². The fraction of sp³-hybridized carbons (Fsp3) is 0.278. The number of aromatic nitrogens is 2. The molecule has 24 heavy (non-hydrogen) atoms. The van der Waals surface area contributed by atoms with E-state index in [-0.39, 0.29) is 23.1 Å². The summed E-state index contributed by atoms with van der Waals surface area (Å²) in [6.07, 6.45) is 7.10. The van der Waals surface area contributed by atoms with Crippen molar-refractivity contribution in [2.24, 2.45) is 5.92 Å². The van der Waals surface area contributed by atoms with E-state index in [4.69, 9.17) is 4.74 Å². The summed E-state index contributed by atoms with van der Waals surface area (Å²) in [4.78, 5) is 29.0. The molecule has 0 bridgehead atoms. The molecule has 0 unspecified atom stereocenters. The molecule has 6 heteroatoms. The van der Waals surface area contributed by atoms with Crippen LogP contribution in [0.4, 0.5) is 5.69 Å². The van der Waals surface area contributed by atoms with Crippen LogP contribution in [-0.4, -0.2) is 22.6 Å². The molecule has 2 aromatic rings. The number of rotatable bonds is 5. The quantitative estimate of drug-likeness (QED) is 0.855. The van der Waals surface area contributed by atoms with Gasteiger partial charge in [0.1, 0.15) is 5.69 Å². The second-order valence-electron chi connectivity index (χ2n) is 5.66. The number of hydrogen-bond acceptors (Lipinski definition) is 4. The van der Waals surface area contributed by atoms with Crippen molar-refractivity contribution < 1.29 is 9.53 Å². The van der Waals surface area contributed by atoms with Crippen molar-refractivity contribution in [3.63, 3.8) is 0 Å². The number of nitrogens with zero attached hydrogens (tertiary/aromatic N) is 2. The zero-order valence-electron chi connectivity index (χ0n) is 13.4. The Labute approximate surface area is 139 Å². The van der Waals surface area contributed by atoms with Crippen LogP contribution in [0, 0.1) is 5.92 Å². The van der Waals surface area contributed by atoms with Gasteiger partial charge in [-0.15, -0.1) is 0 Å². The third-order valence-electron chi connectivity index (χ3n) is 3.98. The molecule has 3 rings (SSSR count). The Kier molecular flexibility index (Phi) is 4.74. The van der Waals surface area contributed by atoms with Gasteiger partial charge in [-0.3, -0.25) is 9.59 Å². The highest BCUT2D eigenvalue weighted by Crippen LogP contribution is 2.19. The number of ether oxygens (including phenoxy) is 1. The molecule has 0 aliphatic heterocycles. The highest BCUT2D eigenvalue weighted by Gasteiger charge is 2.20. The van der Waals surface area contributed by atoms with Gasteiger partial charge in [0, 0.05) is 18.2 Å². The topological polar surface area (TPSA) is 73.2 Å². The fourth-order valence-corrected chi connectivity index (χ4v) is 2.66. The molecule has 1 N–H and O–H groups in total. The lowest BCUT2D eigenvalue weighted by Gasteiger charge is -2.12. The lowest BCUT2D eigenvalue weighted by atomic mass is 10.1. The summed E-state index contributed by atoms with van der Waals surface area (Å²) in [6.45, 7) is 0.310. The van der Waals surface area contributed by atoms with Crippen LogP contribution < -0.4 is 15.6 Å². The van der Waals surface area contributed by atoms with Crippen molar-refractivity contribution >= 4 is 11.6 Å². The first kappa shape index (κ1) is 16.0. The molecular weight excluding hydrogens is 306 g/mol. The van der Waals surface area contributed by atoms with Gasteiger partial charge in [0.05, 0.1) is 19.3 Å². The molecule has 0 saturated carbocycles. The van der Waals surface area contributed by atoms with E-state index in [0.717, 1.165) is 12.8 Å². The molecule has 2 heterocycles. The fourth-order valence-electron chi connectivity index (χ4n) is 2.66. The van der Waals surface area contributed by atoms with E-state index in [0.29, 0.717) is 18.1 Å². The third-order valence-corrected chi connectivity index (χ3v) is 3.98. The third kappa shape index (κ3) is 3.53. The normalized spacial score (nSPS) is 13.9. The SMILES string of the molecule is COc1cccc(Cn2cccc(NC(=O)C3CC=CC3)c2=O)n1. The van der Waals surface area contributed by atoms with Crippen LogP contribution >= 0.6 is 0 Å². The highest BCUT2D eigenvalue weighted by atomic mass is 16.5. The summed E-state index contributed by atoms with van der Waals surface area (Å²) in [7, 11) is 1.55. The van der Waals surface area contributed by atoms with E-state index in [1.54, 1.807) is 31.5 Å². The molecule has 2 aromatic heterocycles. The van der Waals surface area contributed by atoms with Gasteiger partial charge in [-0.1, -0.05) is 18.2 Å². The maximum absolute atomic E-state index is 12.6. The number of nitrogens with one attached hydrogen (secondary N) is 1. The zero-order chi connectivity index (χ0) is 16.9. The van der Waals surface area contributed by atoms with Crippen LogP contribution in [0.5, 0.6) is 5.88 Å². The largest absolute Gasteiger partial charge is 0.481 e. The second kappa shape index (κ2) is 7.12. The van der Waals surface area contributed by atoms with Gasteiger partial charge in [-0.25, -0.2) is 4.98 Å². The van der Waals surface area contributed by atoms with Crippen molar-refractivity contribution in [2.45, 2.75) is 19.4 Å². The average molecular weight is 325 g/mol. The Balaban J connectivity index is 1.77. The van der Waals surface area contributed by atoms with E-state index >= 15 is 0 Å². The number of pyridine rings is 2. The first-order chi connectivity index (χ1) is 11.7. The number of carbonyl (C=O) groups is 1. The van der Waals surface area contributed by atoms with Gasteiger partial charge >= 0.3 is 0 Å². The number of methoxy groups -OCH3 is 1. The van der Waals surface area contributed by atoms with Crippen molar-refractivity contribution in [2.75, 3.05) is 12.4 Å². The Morgan fingerprint density at radius 1 is 1.29 bits per heavy atom. The van der Waals surface area contributed by atoms with Crippen LogP contribution in [0.2, 0.25) is 0 Å². The molecule has 1 aliphatic carbocycles. The number of anilines is 1. The van der Waals surface area contributed by atoms with Gasteiger partial charge in [0.2, 0.25) is 11.8 Å². The molecule has 6 nitrogen and oxygen atoms in total. The van der Waals surface area contributed by atoms with Gasteiger partial charge in [-0.2, -0.15) is 0 Å². The highest BCUT2D eigenvalue weighted by molar-refractivity contribution is 5.92. The summed E-state index contributed by atoms with van der Waals surface area (Å²) >= 11 is 0. The van der Waals surface area contributed by atoms with Crippen LogP contribution in [-0.2, 0) is 11.3 Å². The van der Waals surface area contributed by atoms with Gasteiger partial charge < -0.3 is 14.6 Å². The predicted octanol–water partition coefficient (Wildman–Crippen LogP) is 2.20. The van der Waals surface area contributed by atoms with Gasteiger partial charge in [0.25, 0.3) is 5.56 Å². The molecule has 0 radical (unpaired) electrons. The monoisotopic (exact) mass is 325 g/mol.